The molecular weight excluding hydrogens is 138 g/mol. The van der Waals surface area contributed by atoms with Crippen molar-refractivity contribution in [3.05, 3.63) is 0 Å². The van der Waals surface area contributed by atoms with Crippen LogP contribution in [0.15, 0.2) is 0 Å². The van der Waals surface area contributed by atoms with E-state index in [-0.39, 0.29) is 6.10 Å². The number of aliphatic hydroxyl groups is 1. The van der Waals surface area contributed by atoms with Gasteiger partial charge >= 0.3 is 0 Å². The maximum Gasteiger partial charge on any atom is 0.0580 e. The SMILES string of the molecule is CN(C)C[C@H]1CCCCC1O. The van der Waals surface area contributed by atoms with Crippen LogP contribution in [0.5, 0.6) is 0 Å². The summed E-state index contributed by atoms with van der Waals surface area (Å²) in [6.45, 7) is 1.04. The third kappa shape index (κ3) is 2.80. The van der Waals surface area contributed by atoms with Gasteiger partial charge in [-0.3, -0.25) is 0 Å². The molecule has 0 aromatic rings. The molecule has 0 aromatic heterocycles. The van der Waals surface area contributed by atoms with Gasteiger partial charge in [0, 0.05) is 6.54 Å². The van der Waals surface area contributed by atoms with Crippen LogP contribution in [0.25, 0.3) is 0 Å². The zero-order valence-corrected chi connectivity index (χ0v) is 7.58. The molecule has 1 saturated carbocycles. The summed E-state index contributed by atoms with van der Waals surface area (Å²) >= 11 is 0. The van der Waals surface area contributed by atoms with Gasteiger partial charge in [0.15, 0.2) is 0 Å². The molecule has 2 nitrogen and oxygen atoms in total. The van der Waals surface area contributed by atoms with E-state index in [0.29, 0.717) is 5.92 Å². The van der Waals surface area contributed by atoms with Crippen molar-refractivity contribution in [1.29, 1.82) is 0 Å². The molecular formula is C9H19NO. The highest BCUT2D eigenvalue weighted by Crippen LogP contribution is 2.24. The van der Waals surface area contributed by atoms with Crippen molar-refractivity contribution in [2.24, 2.45) is 5.92 Å². The molecule has 1 aliphatic rings. The van der Waals surface area contributed by atoms with Gasteiger partial charge in [0.2, 0.25) is 0 Å². The predicted octanol–water partition coefficient (Wildman–Crippen LogP) is 1.10. The lowest BCUT2D eigenvalue weighted by atomic mass is 9.86. The third-order valence-electron chi connectivity index (χ3n) is 2.47. The minimum absolute atomic E-state index is 0.0360. The van der Waals surface area contributed by atoms with E-state index in [0.717, 1.165) is 13.0 Å². The Bertz CT molecular complexity index is 114. The second kappa shape index (κ2) is 4.07. The first-order valence-electron chi connectivity index (χ1n) is 4.53. The third-order valence-corrected chi connectivity index (χ3v) is 2.47. The largest absolute Gasteiger partial charge is 0.393 e. The second-order valence-corrected chi connectivity index (χ2v) is 3.87. The van der Waals surface area contributed by atoms with Crippen LogP contribution in [0.4, 0.5) is 0 Å². The van der Waals surface area contributed by atoms with Gasteiger partial charge in [-0.2, -0.15) is 0 Å². The van der Waals surface area contributed by atoms with E-state index < -0.39 is 0 Å². The first-order valence-corrected chi connectivity index (χ1v) is 4.53. The molecule has 2 heteroatoms. The van der Waals surface area contributed by atoms with Crippen molar-refractivity contribution in [3.8, 4) is 0 Å². The summed E-state index contributed by atoms with van der Waals surface area (Å²) in [5.74, 6) is 0.527. The number of rotatable bonds is 2. The summed E-state index contributed by atoms with van der Waals surface area (Å²) in [4.78, 5) is 2.17. The summed E-state index contributed by atoms with van der Waals surface area (Å²) < 4.78 is 0. The molecule has 1 fully saturated rings. The molecule has 2 atom stereocenters. The second-order valence-electron chi connectivity index (χ2n) is 3.87. The number of hydrogen-bond donors (Lipinski definition) is 1. The van der Waals surface area contributed by atoms with Crippen LogP contribution in [0, 0.1) is 5.92 Å². The molecule has 1 aliphatic carbocycles. The topological polar surface area (TPSA) is 23.5 Å². The highest BCUT2D eigenvalue weighted by atomic mass is 16.3. The van der Waals surface area contributed by atoms with Gasteiger partial charge in [-0.25, -0.2) is 0 Å². The van der Waals surface area contributed by atoms with Crippen molar-refractivity contribution in [1.82, 2.24) is 4.90 Å². The molecule has 0 aliphatic heterocycles. The number of hydrogen-bond acceptors (Lipinski definition) is 2. The maximum absolute atomic E-state index is 9.59. The average molecular weight is 157 g/mol. The van der Waals surface area contributed by atoms with Crippen LogP contribution >= 0.6 is 0 Å². The van der Waals surface area contributed by atoms with Crippen molar-refractivity contribution in [2.75, 3.05) is 20.6 Å². The highest BCUT2D eigenvalue weighted by Gasteiger charge is 2.22. The van der Waals surface area contributed by atoms with Crippen molar-refractivity contribution < 1.29 is 5.11 Å². The summed E-state index contributed by atoms with van der Waals surface area (Å²) in [5, 5.41) is 9.59. The summed E-state index contributed by atoms with van der Waals surface area (Å²) in [6.07, 6.45) is 4.70. The Balaban J connectivity index is 2.29. The molecule has 1 N–H and O–H groups in total. The standard InChI is InChI=1S/C9H19NO/c1-10(2)7-8-5-3-4-6-9(8)11/h8-9,11H,3-7H2,1-2H3/t8-,9?/m1/s1. The fourth-order valence-electron chi connectivity index (χ4n) is 1.87. The predicted molar refractivity (Wildman–Crippen MR) is 46.5 cm³/mol. The van der Waals surface area contributed by atoms with Crippen LogP contribution in [-0.4, -0.2) is 36.8 Å². The van der Waals surface area contributed by atoms with Gasteiger partial charge in [0.05, 0.1) is 6.10 Å². The highest BCUT2D eigenvalue weighted by molar-refractivity contribution is 4.75. The molecule has 0 radical (unpaired) electrons. The molecule has 0 aromatic carbocycles. The van der Waals surface area contributed by atoms with Gasteiger partial charge in [0.25, 0.3) is 0 Å². The van der Waals surface area contributed by atoms with E-state index in [1.165, 1.54) is 19.3 Å². The van der Waals surface area contributed by atoms with Gasteiger partial charge in [-0.1, -0.05) is 12.8 Å². The normalized spacial score (nSPS) is 32.7. The lowest BCUT2D eigenvalue weighted by molar-refractivity contribution is 0.0555. The Labute approximate surface area is 69.2 Å². The minimum Gasteiger partial charge on any atom is -0.393 e. The molecule has 1 unspecified atom stereocenters. The lowest BCUT2D eigenvalue weighted by Gasteiger charge is -2.29. The Morgan fingerprint density at radius 1 is 1.27 bits per heavy atom. The summed E-state index contributed by atoms with van der Waals surface area (Å²) in [5.41, 5.74) is 0. The smallest absolute Gasteiger partial charge is 0.0580 e. The minimum atomic E-state index is -0.0360. The zero-order chi connectivity index (χ0) is 8.27. The van der Waals surface area contributed by atoms with Gasteiger partial charge < -0.3 is 10.0 Å². The molecule has 11 heavy (non-hydrogen) atoms. The van der Waals surface area contributed by atoms with Crippen molar-refractivity contribution in [2.45, 2.75) is 31.8 Å². The van der Waals surface area contributed by atoms with E-state index in [4.69, 9.17) is 0 Å². The van der Waals surface area contributed by atoms with Crippen molar-refractivity contribution in [3.63, 3.8) is 0 Å². The van der Waals surface area contributed by atoms with E-state index in [2.05, 4.69) is 19.0 Å². The quantitative estimate of drug-likeness (QED) is 0.649. The van der Waals surface area contributed by atoms with Crippen LogP contribution < -0.4 is 0 Å². The molecule has 1 rings (SSSR count). The van der Waals surface area contributed by atoms with E-state index in [1.54, 1.807) is 0 Å². The van der Waals surface area contributed by atoms with Gasteiger partial charge in [-0.15, -0.1) is 0 Å². The average Bonchev–Trinajstić information content (AvgIpc) is 1.93. The Kier molecular flexibility index (Phi) is 3.34. The molecule has 0 amide bonds. The Morgan fingerprint density at radius 2 is 1.91 bits per heavy atom. The molecule has 0 heterocycles. The lowest BCUT2D eigenvalue weighted by Crippen LogP contribution is -2.33. The van der Waals surface area contributed by atoms with E-state index in [9.17, 15) is 5.11 Å². The fraction of sp³-hybridized carbons (Fsp3) is 1.00. The van der Waals surface area contributed by atoms with Gasteiger partial charge in [0.1, 0.15) is 0 Å². The van der Waals surface area contributed by atoms with Crippen LogP contribution in [0.3, 0.4) is 0 Å². The number of aliphatic hydroxyl groups excluding tert-OH is 1. The fourth-order valence-corrected chi connectivity index (χ4v) is 1.87. The molecule has 0 bridgehead atoms. The summed E-state index contributed by atoms with van der Waals surface area (Å²) in [7, 11) is 4.14. The Morgan fingerprint density at radius 3 is 2.45 bits per heavy atom. The van der Waals surface area contributed by atoms with Crippen LogP contribution in [0.1, 0.15) is 25.7 Å². The number of nitrogens with zero attached hydrogens (tertiary/aromatic N) is 1. The van der Waals surface area contributed by atoms with E-state index >= 15 is 0 Å². The van der Waals surface area contributed by atoms with Crippen LogP contribution in [-0.2, 0) is 0 Å². The Hall–Kier alpha value is -0.0800. The summed E-state index contributed by atoms with van der Waals surface area (Å²) in [6, 6.07) is 0. The molecule has 0 saturated heterocycles. The van der Waals surface area contributed by atoms with Gasteiger partial charge in [-0.05, 0) is 32.9 Å². The first-order chi connectivity index (χ1) is 5.20. The maximum atomic E-state index is 9.59. The first kappa shape index (κ1) is 9.01. The zero-order valence-electron chi connectivity index (χ0n) is 7.58. The van der Waals surface area contributed by atoms with Crippen molar-refractivity contribution >= 4 is 0 Å². The molecule has 0 spiro atoms. The van der Waals surface area contributed by atoms with E-state index in [1.807, 2.05) is 0 Å². The van der Waals surface area contributed by atoms with Crippen LogP contribution in [0.2, 0.25) is 0 Å². The molecule has 66 valence electrons. The monoisotopic (exact) mass is 157 g/mol.